The quantitative estimate of drug-likeness (QED) is 0.615. The van der Waals surface area contributed by atoms with Crippen molar-refractivity contribution in [2.24, 2.45) is 0 Å². The van der Waals surface area contributed by atoms with Gasteiger partial charge < -0.3 is 10.2 Å². The lowest BCUT2D eigenvalue weighted by Crippen LogP contribution is -2.38. The number of non-ortho nitro benzene ring substituents is 1. The maximum Gasteiger partial charge on any atom is 0.271 e. The van der Waals surface area contributed by atoms with Crippen molar-refractivity contribution in [3.8, 4) is 0 Å². The summed E-state index contributed by atoms with van der Waals surface area (Å²) in [4.78, 5) is 36.4. The number of nitrogens with zero attached hydrogens (tertiary/aromatic N) is 2. The molecular formula is C18H17N3O6S. The average Bonchev–Trinajstić information content (AvgIpc) is 2.71. The molecule has 1 N–H and O–H groups in total. The average molecular weight is 403 g/mol. The lowest BCUT2D eigenvalue weighted by atomic mass is 10.2. The van der Waals surface area contributed by atoms with Gasteiger partial charge in [-0.1, -0.05) is 18.2 Å². The van der Waals surface area contributed by atoms with E-state index in [9.17, 15) is 28.1 Å². The number of rotatable bonds is 4. The van der Waals surface area contributed by atoms with E-state index in [1.807, 2.05) is 0 Å². The Morgan fingerprint density at radius 1 is 1.25 bits per heavy atom. The van der Waals surface area contributed by atoms with Crippen LogP contribution >= 0.6 is 0 Å². The van der Waals surface area contributed by atoms with Gasteiger partial charge in [-0.05, 0) is 25.1 Å². The normalized spacial score (nSPS) is 18.1. The number of sulfone groups is 1. The smallest absolute Gasteiger partial charge is 0.271 e. The number of nitro groups is 1. The number of para-hydroxylation sites is 1. The molecule has 0 fully saturated rings. The lowest BCUT2D eigenvalue weighted by molar-refractivity contribution is -0.384. The van der Waals surface area contributed by atoms with Crippen LogP contribution in [0.5, 0.6) is 0 Å². The molecule has 2 aromatic rings. The first-order valence-electron chi connectivity index (χ1n) is 8.38. The minimum Gasteiger partial charge on any atom is -0.324 e. The first kappa shape index (κ1) is 19.5. The molecule has 9 nitrogen and oxygen atoms in total. The second-order valence-electron chi connectivity index (χ2n) is 6.36. The summed E-state index contributed by atoms with van der Waals surface area (Å²) in [5, 5.41) is 12.4. The molecule has 0 bridgehead atoms. The Balaban J connectivity index is 1.88. The summed E-state index contributed by atoms with van der Waals surface area (Å²) >= 11 is 0. The SMILES string of the molecule is C[C@@H]1CC(=O)N(CC(=O)Nc2cccc([N+](=O)[O-])c2)c2ccccc2S1(=O)=O. The van der Waals surface area contributed by atoms with Gasteiger partial charge >= 0.3 is 0 Å². The second kappa shape index (κ2) is 7.39. The summed E-state index contributed by atoms with van der Waals surface area (Å²) in [6, 6.07) is 11.4. The Hall–Kier alpha value is -3.27. The van der Waals surface area contributed by atoms with Crippen molar-refractivity contribution in [1.29, 1.82) is 0 Å². The maximum absolute atomic E-state index is 12.6. The van der Waals surface area contributed by atoms with Crippen LogP contribution in [0.25, 0.3) is 0 Å². The predicted molar refractivity (Wildman–Crippen MR) is 102 cm³/mol. The minimum absolute atomic E-state index is 0.00324. The number of benzene rings is 2. The number of hydrogen-bond acceptors (Lipinski definition) is 6. The van der Waals surface area contributed by atoms with E-state index in [4.69, 9.17) is 0 Å². The molecule has 1 aliphatic rings. The fourth-order valence-corrected chi connectivity index (χ4v) is 4.49. The Morgan fingerprint density at radius 2 is 1.96 bits per heavy atom. The zero-order chi connectivity index (χ0) is 20.5. The molecular weight excluding hydrogens is 386 g/mol. The second-order valence-corrected chi connectivity index (χ2v) is 8.70. The Labute approximate surface area is 161 Å². The van der Waals surface area contributed by atoms with Gasteiger partial charge in [-0.15, -0.1) is 0 Å². The summed E-state index contributed by atoms with van der Waals surface area (Å²) in [6.45, 7) is 1.04. The number of carbonyl (C=O) groups is 2. The molecule has 0 saturated carbocycles. The lowest BCUT2D eigenvalue weighted by Gasteiger charge is -2.21. The number of hydrogen-bond donors (Lipinski definition) is 1. The first-order chi connectivity index (χ1) is 13.2. The number of nitrogens with one attached hydrogen (secondary N) is 1. The van der Waals surface area contributed by atoms with E-state index >= 15 is 0 Å². The molecule has 1 heterocycles. The molecule has 0 radical (unpaired) electrons. The van der Waals surface area contributed by atoms with Crippen molar-refractivity contribution in [2.45, 2.75) is 23.5 Å². The number of nitro benzene ring substituents is 1. The summed E-state index contributed by atoms with van der Waals surface area (Å²) in [6.07, 6.45) is -0.249. The fraction of sp³-hybridized carbons (Fsp3) is 0.222. The molecule has 0 saturated heterocycles. The summed E-state index contributed by atoms with van der Waals surface area (Å²) in [5.41, 5.74) is 0.163. The summed E-state index contributed by atoms with van der Waals surface area (Å²) in [5.74, 6) is -1.09. The van der Waals surface area contributed by atoms with E-state index in [0.717, 1.165) is 4.90 Å². The van der Waals surface area contributed by atoms with Gasteiger partial charge in [-0.3, -0.25) is 19.7 Å². The monoisotopic (exact) mass is 403 g/mol. The van der Waals surface area contributed by atoms with Gasteiger partial charge in [0.15, 0.2) is 9.84 Å². The molecule has 1 atom stereocenters. The van der Waals surface area contributed by atoms with Crippen LogP contribution in [0.1, 0.15) is 13.3 Å². The molecule has 28 heavy (non-hydrogen) atoms. The molecule has 146 valence electrons. The van der Waals surface area contributed by atoms with Crippen molar-refractivity contribution >= 4 is 38.7 Å². The standard InChI is InChI=1S/C18H17N3O6S/c1-12-9-18(23)20(15-7-2-3-8-16(15)28(12,26)27)11-17(22)19-13-5-4-6-14(10-13)21(24)25/h2-8,10,12H,9,11H2,1H3,(H,19,22)/t12-/m1/s1. The molecule has 2 aromatic carbocycles. The zero-order valence-corrected chi connectivity index (χ0v) is 15.7. The molecule has 3 rings (SSSR count). The Morgan fingerprint density at radius 3 is 2.68 bits per heavy atom. The molecule has 0 unspecified atom stereocenters. The summed E-state index contributed by atoms with van der Waals surface area (Å²) < 4.78 is 25.3. The Bertz CT molecular complexity index is 1070. The third-order valence-corrected chi connectivity index (χ3v) is 6.58. The van der Waals surface area contributed by atoms with Gasteiger partial charge in [-0.25, -0.2) is 8.42 Å². The highest BCUT2D eigenvalue weighted by atomic mass is 32.2. The third kappa shape index (κ3) is 3.72. The highest BCUT2D eigenvalue weighted by Gasteiger charge is 2.36. The fourth-order valence-electron chi connectivity index (χ4n) is 2.95. The van der Waals surface area contributed by atoms with E-state index < -0.39 is 38.4 Å². The van der Waals surface area contributed by atoms with Gasteiger partial charge in [0.1, 0.15) is 6.54 Å². The molecule has 10 heteroatoms. The van der Waals surface area contributed by atoms with Gasteiger partial charge in [0.05, 0.1) is 20.8 Å². The van der Waals surface area contributed by atoms with Crippen LogP contribution in [0.15, 0.2) is 53.4 Å². The number of anilines is 2. The zero-order valence-electron chi connectivity index (χ0n) is 14.9. The van der Waals surface area contributed by atoms with Crippen molar-refractivity contribution < 1.29 is 22.9 Å². The van der Waals surface area contributed by atoms with Crippen LogP contribution in [-0.4, -0.2) is 37.0 Å². The van der Waals surface area contributed by atoms with Gasteiger partial charge in [-0.2, -0.15) is 0 Å². The highest BCUT2D eigenvalue weighted by molar-refractivity contribution is 7.92. The van der Waals surface area contributed by atoms with Crippen LogP contribution in [0.4, 0.5) is 17.1 Å². The largest absolute Gasteiger partial charge is 0.324 e. The number of carbonyl (C=O) groups excluding carboxylic acids is 2. The van der Waals surface area contributed by atoms with Crippen LogP contribution in [0, 0.1) is 10.1 Å². The van der Waals surface area contributed by atoms with Crippen LogP contribution < -0.4 is 10.2 Å². The maximum atomic E-state index is 12.6. The van der Waals surface area contributed by atoms with E-state index in [1.165, 1.54) is 43.3 Å². The number of fused-ring (bicyclic) bond motifs is 1. The molecule has 1 aliphatic heterocycles. The van der Waals surface area contributed by atoms with Crippen molar-refractivity contribution in [1.82, 2.24) is 0 Å². The van der Waals surface area contributed by atoms with Crippen LogP contribution in [-0.2, 0) is 19.4 Å². The highest BCUT2D eigenvalue weighted by Crippen LogP contribution is 2.33. The molecule has 2 amide bonds. The van der Waals surface area contributed by atoms with Crippen LogP contribution in [0.2, 0.25) is 0 Å². The first-order valence-corrected chi connectivity index (χ1v) is 9.92. The van der Waals surface area contributed by atoms with E-state index in [0.29, 0.717) is 0 Å². The van der Waals surface area contributed by atoms with Gasteiger partial charge in [0, 0.05) is 24.2 Å². The van der Waals surface area contributed by atoms with E-state index in [2.05, 4.69) is 5.32 Å². The third-order valence-electron chi connectivity index (χ3n) is 4.40. The van der Waals surface area contributed by atoms with Crippen molar-refractivity contribution in [2.75, 3.05) is 16.8 Å². The van der Waals surface area contributed by atoms with E-state index in [1.54, 1.807) is 12.1 Å². The van der Waals surface area contributed by atoms with Crippen molar-refractivity contribution in [3.05, 3.63) is 58.6 Å². The number of amides is 2. The predicted octanol–water partition coefficient (Wildman–Crippen LogP) is 2.13. The van der Waals surface area contributed by atoms with Gasteiger partial charge in [0.25, 0.3) is 5.69 Å². The molecule has 0 spiro atoms. The van der Waals surface area contributed by atoms with Crippen molar-refractivity contribution in [3.63, 3.8) is 0 Å². The van der Waals surface area contributed by atoms with E-state index in [-0.39, 0.29) is 28.4 Å². The molecule has 0 aliphatic carbocycles. The van der Waals surface area contributed by atoms with Gasteiger partial charge in [0.2, 0.25) is 11.8 Å². The Kier molecular flexibility index (Phi) is 5.14. The minimum atomic E-state index is -3.70. The van der Waals surface area contributed by atoms with Crippen LogP contribution in [0.3, 0.4) is 0 Å². The molecule has 0 aromatic heterocycles. The summed E-state index contributed by atoms with van der Waals surface area (Å²) in [7, 11) is -3.70. The topological polar surface area (TPSA) is 127 Å².